The molecule has 1 unspecified atom stereocenters. The number of sulfone groups is 1. The fourth-order valence-electron chi connectivity index (χ4n) is 2.35. The first-order chi connectivity index (χ1) is 10.4. The number of hydrogen-bond donors (Lipinski definition) is 2. The van der Waals surface area contributed by atoms with Gasteiger partial charge in [-0.05, 0) is 32.4 Å². The molecule has 1 aliphatic rings. The van der Waals surface area contributed by atoms with E-state index in [2.05, 4.69) is 15.6 Å². The highest BCUT2D eigenvalue weighted by Gasteiger charge is 2.32. The SMILES string of the molecule is CCC1N=C(NC#N)NC(C)=C1S(=O)(=O)c1ccc(C)cc1. The predicted molar refractivity (Wildman–Crippen MR) is 84.5 cm³/mol. The van der Waals surface area contributed by atoms with Crippen LogP contribution in [-0.2, 0) is 9.84 Å². The second-order valence-electron chi connectivity index (χ2n) is 5.07. The fourth-order valence-corrected chi connectivity index (χ4v) is 4.13. The summed E-state index contributed by atoms with van der Waals surface area (Å²) >= 11 is 0. The number of nitrogens with zero attached hydrogens (tertiary/aromatic N) is 2. The summed E-state index contributed by atoms with van der Waals surface area (Å²) in [6.45, 7) is 5.45. The lowest BCUT2D eigenvalue weighted by Gasteiger charge is -2.25. The van der Waals surface area contributed by atoms with Crippen LogP contribution < -0.4 is 10.6 Å². The zero-order chi connectivity index (χ0) is 16.3. The van der Waals surface area contributed by atoms with E-state index in [4.69, 9.17) is 5.26 Å². The van der Waals surface area contributed by atoms with Crippen LogP contribution in [0.2, 0.25) is 0 Å². The van der Waals surface area contributed by atoms with Gasteiger partial charge < -0.3 is 5.32 Å². The summed E-state index contributed by atoms with van der Waals surface area (Å²) in [4.78, 5) is 4.77. The van der Waals surface area contributed by atoms with Gasteiger partial charge in [-0.2, -0.15) is 5.26 Å². The Bertz CT molecular complexity index is 771. The molecule has 0 saturated carbocycles. The van der Waals surface area contributed by atoms with Crippen molar-refractivity contribution in [2.24, 2.45) is 4.99 Å². The van der Waals surface area contributed by atoms with Crippen molar-refractivity contribution in [1.29, 1.82) is 5.26 Å². The van der Waals surface area contributed by atoms with Crippen molar-refractivity contribution in [3.63, 3.8) is 0 Å². The van der Waals surface area contributed by atoms with E-state index in [1.807, 2.05) is 13.8 Å². The Morgan fingerprint density at radius 3 is 2.50 bits per heavy atom. The smallest absolute Gasteiger partial charge is 0.209 e. The highest BCUT2D eigenvalue weighted by Crippen LogP contribution is 2.29. The standard InChI is InChI=1S/C15H18N4O2S/c1-4-13-14(11(3)18-15(19-13)17-9-16)22(20,21)12-7-5-10(2)6-8-12/h5-8,13H,4H2,1-3H3,(H2,17,18,19). The van der Waals surface area contributed by atoms with E-state index in [9.17, 15) is 8.42 Å². The van der Waals surface area contributed by atoms with Crippen LogP contribution in [0, 0.1) is 18.4 Å². The lowest BCUT2D eigenvalue weighted by molar-refractivity contribution is 0.592. The maximum Gasteiger partial charge on any atom is 0.209 e. The molecule has 2 rings (SSSR count). The number of hydrogen-bond acceptors (Lipinski definition) is 6. The van der Waals surface area contributed by atoms with Crippen molar-refractivity contribution in [2.45, 2.75) is 38.1 Å². The predicted octanol–water partition coefficient (Wildman–Crippen LogP) is 1.81. The molecule has 0 spiro atoms. The van der Waals surface area contributed by atoms with E-state index in [1.165, 1.54) is 0 Å². The minimum Gasteiger partial charge on any atom is -0.328 e. The van der Waals surface area contributed by atoms with E-state index in [-0.39, 0.29) is 15.8 Å². The van der Waals surface area contributed by atoms with E-state index in [0.29, 0.717) is 12.1 Å². The molecular formula is C15H18N4O2S. The van der Waals surface area contributed by atoms with Gasteiger partial charge in [0.25, 0.3) is 0 Å². The van der Waals surface area contributed by atoms with Gasteiger partial charge in [0.2, 0.25) is 15.8 Å². The Balaban J connectivity index is 2.48. The zero-order valence-corrected chi connectivity index (χ0v) is 13.5. The summed E-state index contributed by atoms with van der Waals surface area (Å²) in [7, 11) is -3.63. The Hall–Kier alpha value is -2.33. The number of aryl methyl sites for hydroxylation is 1. The molecule has 1 aromatic carbocycles. The first-order valence-electron chi connectivity index (χ1n) is 6.92. The van der Waals surface area contributed by atoms with Gasteiger partial charge in [0.15, 0.2) is 6.19 Å². The lowest BCUT2D eigenvalue weighted by Crippen LogP contribution is -2.40. The number of guanidine groups is 1. The van der Waals surface area contributed by atoms with Gasteiger partial charge in [-0.1, -0.05) is 24.6 Å². The summed E-state index contributed by atoms with van der Waals surface area (Å²) in [5, 5.41) is 13.9. The minimum atomic E-state index is -3.63. The molecule has 7 heteroatoms. The largest absolute Gasteiger partial charge is 0.328 e. The number of aliphatic imine (C=N–C) groups is 1. The topological polar surface area (TPSA) is 94.3 Å². The summed E-state index contributed by atoms with van der Waals surface area (Å²) in [6.07, 6.45) is 2.30. The number of nitriles is 1. The van der Waals surface area contributed by atoms with Crippen LogP contribution in [0.1, 0.15) is 25.8 Å². The second kappa shape index (κ2) is 6.20. The van der Waals surface area contributed by atoms with Crippen molar-refractivity contribution in [2.75, 3.05) is 0 Å². The monoisotopic (exact) mass is 318 g/mol. The maximum absolute atomic E-state index is 12.9. The third-order valence-electron chi connectivity index (χ3n) is 3.44. The van der Waals surface area contributed by atoms with Gasteiger partial charge in [0, 0.05) is 5.70 Å². The molecule has 1 atom stereocenters. The molecular weight excluding hydrogens is 300 g/mol. The van der Waals surface area contributed by atoms with E-state index in [1.54, 1.807) is 37.4 Å². The molecule has 6 nitrogen and oxygen atoms in total. The second-order valence-corrected chi connectivity index (χ2v) is 6.99. The zero-order valence-electron chi connectivity index (χ0n) is 12.7. The first-order valence-corrected chi connectivity index (χ1v) is 8.41. The average molecular weight is 318 g/mol. The molecule has 1 aromatic rings. The third-order valence-corrected chi connectivity index (χ3v) is 5.49. The van der Waals surface area contributed by atoms with Crippen LogP contribution in [-0.4, -0.2) is 20.4 Å². The summed E-state index contributed by atoms with van der Waals surface area (Å²) in [5.41, 5.74) is 1.48. The number of rotatable bonds is 3. The van der Waals surface area contributed by atoms with Crippen LogP contribution in [0.15, 0.2) is 44.8 Å². The van der Waals surface area contributed by atoms with Gasteiger partial charge in [-0.15, -0.1) is 0 Å². The molecule has 2 N–H and O–H groups in total. The number of benzene rings is 1. The van der Waals surface area contributed by atoms with Crippen molar-refractivity contribution in [3.05, 3.63) is 40.4 Å². The molecule has 0 amide bonds. The summed E-state index contributed by atoms with van der Waals surface area (Å²) in [6, 6.07) is 6.23. The van der Waals surface area contributed by atoms with Gasteiger partial charge in [-0.25, -0.2) is 13.4 Å². The van der Waals surface area contributed by atoms with Crippen LogP contribution in [0.4, 0.5) is 0 Å². The molecule has 0 fully saturated rings. The van der Waals surface area contributed by atoms with Crippen LogP contribution in [0.3, 0.4) is 0 Å². The molecule has 1 aliphatic heterocycles. The van der Waals surface area contributed by atoms with Gasteiger partial charge in [-0.3, -0.25) is 5.32 Å². The van der Waals surface area contributed by atoms with E-state index in [0.717, 1.165) is 5.56 Å². The Labute approximate surface area is 130 Å². The quantitative estimate of drug-likeness (QED) is 0.655. The summed E-state index contributed by atoms with van der Waals surface area (Å²) in [5.74, 6) is 0.273. The van der Waals surface area contributed by atoms with E-state index >= 15 is 0 Å². The van der Waals surface area contributed by atoms with Crippen molar-refractivity contribution >= 4 is 15.8 Å². The molecule has 1 heterocycles. The maximum atomic E-state index is 12.9. The Kier molecular flexibility index (Phi) is 4.52. The molecule has 22 heavy (non-hydrogen) atoms. The van der Waals surface area contributed by atoms with Gasteiger partial charge in [0.1, 0.15) is 0 Å². The van der Waals surface area contributed by atoms with Crippen molar-refractivity contribution in [3.8, 4) is 6.19 Å². The van der Waals surface area contributed by atoms with Gasteiger partial charge in [0.05, 0.1) is 15.8 Å². The van der Waals surface area contributed by atoms with Crippen LogP contribution >= 0.6 is 0 Å². The highest BCUT2D eigenvalue weighted by atomic mass is 32.2. The minimum absolute atomic E-state index is 0.250. The molecule has 0 saturated heterocycles. The molecule has 0 aromatic heterocycles. The average Bonchev–Trinajstić information content (AvgIpc) is 2.47. The van der Waals surface area contributed by atoms with E-state index < -0.39 is 15.9 Å². The number of allylic oxidation sites excluding steroid dienone is 1. The molecule has 0 aliphatic carbocycles. The lowest BCUT2D eigenvalue weighted by atomic mass is 10.2. The first kappa shape index (κ1) is 16.0. The van der Waals surface area contributed by atoms with Crippen LogP contribution in [0.5, 0.6) is 0 Å². The normalized spacial score (nSPS) is 18.3. The van der Waals surface area contributed by atoms with Crippen LogP contribution in [0.25, 0.3) is 0 Å². The van der Waals surface area contributed by atoms with Crippen molar-refractivity contribution in [1.82, 2.24) is 10.6 Å². The third kappa shape index (κ3) is 2.97. The molecule has 0 radical (unpaired) electrons. The highest BCUT2D eigenvalue weighted by molar-refractivity contribution is 7.95. The molecule has 0 bridgehead atoms. The van der Waals surface area contributed by atoms with Gasteiger partial charge >= 0.3 is 0 Å². The Morgan fingerprint density at radius 2 is 1.95 bits per heavy atom. The summed E-state index contributed by atoms with van der Waals surface area (Å²) < 4.78 is 25.8. The number of nitrogens with one attached hydrogen (secondary N) is 2. The molecule has 116 valence electrons. The fraction of sp³-hybridized carbons (Fsp3) is 0.333. The van der Waals surface area contributed by atoms with Crippen molar-refractivity contribution < 1.29 is 8.42 Å². The Morgan fingerprint density at radius 1 is 1.32 bits per heavy atom.